The van der Waals surface area contributed by atoms with Crippen molar-refractivity contribution in [1.82, 2.24) is 10.3 Å². The molecule has 31 heavy (non-hydrogen) atoms. The number of anilines is 2. The molecule has 2 N–H and O–H groups in total. The van der Waals surface area contributed by atoms with Gasteiger partial charge in [0.15, 0.2) is 10.9 Å². The van der Waals surface area contributed by atoms with Crippen LogP contribution in [0.5, 0.6) is 5.75 Å². The summed E-state index contributed by atoms with van der Waals surface area (Å²) in [4.78, 5) is 28.0. The van der Waals surface area contributed by atoms with E-state index in [1.807, 2.05) is 41.8 Å². The van der Waals surface area contributed by atoms with Gasteiger partial charge in [0.1, 0.15) is 5.75 Å². The third-order valence-corrected chi connectivity index (χ3v) is 5.14. The average Bonchev–Trinajstić information content (AvgIpc) is 3.23. The number of amides is 1. The monoisotopic (exact) mass is 435 g/mol. The predicted octanol–water partition coefficient (Wildman–Crippen LogP) is 5.21. The van der Waals surface area contributed by atoms with Crippen molar-refractivity contribution < 1.29 is 14.3 Å². The fraction of sp³-hybridized carbons (Fsp3) is 0.208. The first-order valence-electron chi connectivity index (χ1n) is 10.1. The van der Waals surface area contributed by atoms with Crippen LogP contribution >= 0.6 is 11.3 Å². The van der Waals surface area contributed by atoms with Gasteiger partial charge in [0.2, 0.25) is 5.91 Å². The van der Waals surface area contributed by atoms with Crippen molar-refractivity contribution >= 4 is 39.9 Å². The van der Waals surface area contributed by atoms with Crippen molar-refractivity contribution in [1.29, 1.82) is 0 Å². The summed E-state index contributed by atoms with van der Waals surface area (Å²) in [7, 11) is 0. The molecule has 0 radical (unpaired) electrons. The van der Waals surface area contributed by atoms with E-state index in [1.165, 1.54) is 24.3 Å². The molecular formula is C24H25N3O3S. The summed E-state index contributed by atoms with van der Waals surface area (Å²) >= 11 is 1.45. The Morgan fingerprint density at radius 1 is 1.13 bits per heavy atom. The Hall–Kier alpha value is -3.45. The summed E-state index contributed by atoms with van der Waals surface area (Å²) in [6.45, 7) is 4.56. The minimum absolute atomic E-state index is 0.0323. The molecule has 7 heteroatoms. The Kier molecular flexibility index (Phi) is 7.95. The van der Waals surface area contributed by atoms with Crippen LogP contribution in [0.25, 0.3) is 6.08 Å². The van der Waals surface area contributed by atoms with E-state index in [9.17, 15) is 9.59 Å². The number of hydrogen-bond donors (Lipinski definition) is 2. The summed E-state index contributed by atoms with van der Waals surface area (Å²) in [6, 6.07) is 14.9. The minimum Gasteiger partial charge on any atom is -0.493 e. The number of rotatable bonds is 10. The van der Waals surface area contributed by atoms with Crippen LogP contribution in [0.3, 0.4) is 0 Å². The molecule has 3 rings (SSSR count). The molecule has 0 atom stereocenters. The number of ketones is 1. The van der Waals surface area contributed by atoms with Crippen LogP contribution in [0.15, 0.2) is 60.0 Å². The van der Waals surface area contributed by atoms with E-state index < -0.39 is 0 Å². The molecule has 0 aliphatic rings. The van der Waals surface area contributed by atoms with Crippen molar-refractivity contribution in [3.05, 3.63) is 76.8 Å². The Morgan fingerprint density at radius 3 is 2.65 bits per heavy atom. The highest BCUT2D eigenvalue weighted by Crippen LogP contribution is 2.22. The van der Waals surface area contributed by atoms with E-state index in [-0.39, 0.29) is 11.7 Å². The first-order chi connectivity index (χ1) is 15.0. The summed E-state index contributed by atoms with van der Waals surface area (Å²) in [5, 5.41) is 8.66. The van der Waals surface area contributed by atoms with Crippen LogP contribution in [-0.4, -0.2) is 23.3 Å². The normalized spacial score (nSPS) is 10.8. The van der Waals surface area contributed by atoms with Crippen molar-refractivity contribution in [2.45, 2.75) is 26.8 Å². The lowest BCUT2D eigenvalue weighted by atomic mass is 10.1. The molecule has 0 aliphatic heterocycles. The maximum Gasteiger partial charge on any atom is 0.244 e. The number of nitrogens with one attached hydrogen (secondary N) is 2. The summed E-state index contributed by atoms with van der Waals surface area (Å²) in [5.74, 6) is 0.595. The molecule has 0 spiro atoms. The Bertz CT molecular complexity index is 1060. The molecule has 1 amide bonds. The largest absolute Gasteiger partial charge is 0.493 e. The van der Waals surface area contributed by atoms with E-state index >= 15 is 0 Å². The lowest BCUT2D eigenvalue weighted by Gasteiger charge is -2.07. The van der Waals surface area contributed by atoms with E-state index in [0.29, 0.717) is 18.7 Å². The van der Waals surface area contributed by atoms with Gasteiger partial charge in [-0.25, -0.2) is 4.98 Å². The van der Waals surface area contributed by atoms with Crippen LogP contribution in [0.1, 0.15) is 41.9 Å². The second-order valence-corrected chi connectivity index (χ2v) is 7.70. The van der Waals surface area contributed by atoms with Crippen LogP contribution in [-0.2, 0) is 11.3 Å². The molecule has 6 nitrogen and oxygen atoms in total. The molecule has 0 aliphatic carbocycles. The maximum absolute atomic E-state index is 12.2. The number of nitrogens with zero attached hydrogens (tertiary/aromatic N) is 1. The second-order valence-electron chi connectivity index (χ2n) is 6.84. The number of benzene rings is 2. The van der Waals surface area contributed by atoms with Crippen LogP contribution in [0.2, 0.25) is 0 Å². The van der Waals surface area contributed by atoms with Gasteiger partial charge in [-0.3, -0.25) is 9.59 Å². The molecule has 0 unspecified atom stereocenters. The third kappa shape index (κ3) is 6.79. The molecule has 0 bridgehead atoms. The zero-order valence-electron chi connectivity index (χ0n) is 17.6. The van der Waals surface area contributed by atoms with Crippen LogP contribution in [0.4, 0.5) is 10.8 Å². The summed E-state index contributed by atoms with van der Waals surface area (Å²) < 4.78 is 5.70. The van der Waals surface area contributed by atoms with Gasteiger partial charge in [-0.2, -0.15) is 0 Å². The van der Waals surface area contributed by atoms with Gasteiger partial charge in [0, 0.05) is 28.3 Å². The smallest absolute Gasteiger partial charge is 0.244 e. The van der Waals surface area contributed by atoms with Gasteiger partial charge in [-0.1, -0.05) is 25.1 Å². The van der Waals surface area contributed by atoms with E-state index in [0.717, 1.165) is 34.2 Å². The van der Waals surface area contributed by atoms with Gasteiger partial charge in [0.25, 0.3) is 0 Å². The number of Topliss-reactive ketones (excluding diaryl/α,β-unsaturated/α-hetero) is 1. The van der Waals surface area contributed by atoms with E-state index in [1.54, 1.807) is 18.2 Å². The number of carbonyl (C=O) groups is 2. The summed E-state index contributed by atoms with van der Waals surface area (Å²) in [6.07, 6.45) is 4.17. The molecule has 0 fully saturated rings. The quantitative estimate of drug-likeness (QED) is 0.338. The highest BCUT2D eigenvalue weighted by atomic mass is 32.1. The van der Waals surface area contributed by atoms with Crippen LogP contribution in [0, 0.1) is 0 Å². The van der Waals surface area contributed by atoms with Crippen LogP contribution < -0.4 is 15.4 Å². The number of hydrogen-bond acceptors (Lipinski definition) is 6. The molecule has 1 heterocycles. The van der Waals surface area contributed by atoms with Gasteiger partial charge in [0.05, 0.1) is 18.8 Å². The average molecular weight is 436 g/mol. The molecule has 1 aromatic heterocycles. The Balaban J connectivity index is 1.52. The molecule has 0 saturated heterocycles. The topological polar surface area (TPSA) is 80.3 Å². The lowest BCUT2D eigenvalue weighted by molar-refractivity contribution is -0.116. The van der Waals surface area contributed by atoms with Crippen molar-refractivity contribution in [2.75, 3.05) is 11.9 Å². The molecule has 3 aromatic rings. The fourth-order valence-electron chi connectivity index (χ4n) is 2.72. The standard InChI is InChI=1S/C24H25N3O3S/c1-3-14-30-22-7-5-4-6-19(22)10-13-23(29)25-15-21-16-31-24(27-21)26-20-11-8-18(9-12-20)17(2)28/h4-13,16H,3,14-15H2,1-2H3,(H,25,29)(H,26,27)/b13-10+. The zero-order chi connectivity index (χ0) is 22.1. The van der Waals surface area contributed by atoms with Crippen molar-refractivity contribution in [3.8, 4) is 5.75 Å². The van der Waals surface area contributed by atoms with E-state index in [2.05, 4.69) is 22.5 Å². The minimum atomic E-state index is -0.201. The Labute approximate surface area is 186 Å². The number of para-hydroxylation sites is 1. The molecular weight excluding hydrogens is 410 g/mol. The maximum atomic E-state index is 12.2. The second kappa shape index (κ2) is 11.1. The first kappa shape index (κ1) is 22.2. The molecule has 2 aromatic carbocycles. The fourth-order valence-corrected chi connectivity index (χ4v) is 3.45. The van der Waals surface area contributed by atoms with Gasteiger partial charge in [-0.05, 0) is 49.8 Å². The predicted molar refractivity (Wildman–Crippen MR) is 125 cm³/mol. The lowest BCUT2D eigenvalue weighted by Crippen LogP contribution is -2.20. The third-order valence-electron chi connectivity index (χ3n) is 4.33. The van der Waals surface area contributed by atoms with Crippen molar-refractivity contribution in [3.63, 3.8) is 0 Å². The van der Waals surface area contributed by atoms with Gasteiger partial charge >= 0.3 is 0 Å². The highest BCUT2D eigenvalue weighted by Gasteiger charge is 2.06. The zero-order valence-corrected chi connectivity index (χ0v) is 18.4. The van der Waals surface area contributed by atoms with Gasteiger partial charge < -0.3 is 15.4 Å². The first-order valence-corrected chi connectivity index (χ1v) is 10.9. The van der Waals surface area contributed by atoms with Crippen molar-refractivity contribution in [2.24, 2.45) is 0 Å². The summed E-state index contributed by atoms with van der Waals surface area (Å²) in [5.41, 5.74) is 3.14. The van der Waals surface area contributed by atoms with E-state index in [4.69, 9.17) is 4.74 Å². The number of ether oxygens (including phenoxy) is 1. The number of thiazole rings is 1. The number of carbonyl (C=O) groups excluding carboxylic acids is 2. The molecule has 160 valence electrons. The number of aromatic nitrogens is 1. The van der Waals surface area contributed by atoms with Gasteiger partial charge in [-0.15, -0.1) is 11.3 Å². The highest BCUT2D eigenvalue weighted by molar-refractivity contribution is 7.13. The SMILES string of the molecule is CCCOc1ccccc1/C=C/C(=O)NCc1csc(Nc2ccc(C(C)=O)cc2)n1. The molecule has 0 saturated carbocycles. The Morgan fingerprint density at radius 2 is 1.90 bits per heavy atom.